The quantitative estimate of drug-likeness (QED) is 0.286. The number of piperazine rings is 1. The number of hydrogen-bond donors (Lipinski definition) is 0. The van der Waals surface area contributed by atoms with Gasteiger partial charge in [0.1, 0.15) is 12.4 Å². The van der Waals surface area contributed by atoms with Crippen molar-refractivity contribution in [2.24, 2.45) is 0 Å². The number of aryl methyl sites for hydroxylation is 1. The second-order valence-electron chi connectivity index (χ2n) is 11.1. The van der Waals surface area contributed by atoms with Gasteiger partial charge in [0, 0.05) is 42.8 Å². The third-order valence-corrected chi connectivity index (χ3v) is 8.39. The summed E-state index contributed by atoms with van der Waals surface area (Å²) in [6, 6.07) is 23.9. The van der Waals surface area contributed by atoms with Gasteiger partial charge in [-0.05, 0) is 35.9 Å². The smallest absolute Gasteiger partial charge is 0.410 e. The number of amides is 1. The lowest BCUT2D eigenvalue weighted by atomic mass is 9.99. The van der Waals surface area contributed by atoms with Crippen molar-refractivity contribution in [2.75, 3.05) is 43.1 Å². The molecule has 10 nitrogen and oxygen atoms in total. The fourth-order valence-corrected chi connectivity index (χ4v) is 6.20. The molecule has 1 unspecified atom stereocenters. The van der Waals surface area contributed by atoms with Gasteiger partial charge in [0.25, 0.3) is 0 Å². The summed E-state index contributed by atoms with van der Waals surface area (Å²) in [6.45, 7) is 4.75. The van der Waals surface area contributed by atoms with Crippen molar-refractivity contribution < 1.29 is 19.1 Å². The number of nitriles is 1. The number of anilines is 2. The number of benzene rings is 3. The number of hydrogen-bond acceptors (Lipinski definition) is 9. The maximum absolute atomic E-state index is 13.1. The molecule has 224 valence electrons. The summed E-state index contributed by atoms with van der Waals surface area (Å²) < 4.78 is 10.6. The molecule has 4 aromatic rings. The molecule has 3 aromatic carbocycles. The van der Waals surface area contributed by atoms with Gasteiger partial charge in [0.05, 0.1) is 37.9 Å². The van der Waals surface area contributed by atoms with E-state index < -0.39 is 18.1 Å². The molecule has 0 radical (unpaired) electrons. The number of methoxy groups -OCH3 is 1. The Kier molecular flexibility index (Phi) is 8.28. The van der Waals surface area contributed by atoms with Gasteiger partial charge in [-0.3, -0.25) is 0 Å². The number of rotatable bonds is 6. The Morgan fingerprint density at radius 2 is 1.77 bits per heavy atom. The lowest BCUT2D eigenvalue weighted by Gasteiger charge is -2.42. The number of nitrogens with zero attached hydrogens (tertiary/aromatic N) is 6. The number of carbonyl (C=O) groups excluding carboxylic acids is 2. The third-order valence-electron chi connectivity index (χ3n) is 8.39. The van der Waals surface area contributed by atoms with Crippen LogP contribution in [-0.2, 0) is 29.0 Å². The van der Waals surface area contributed by atoms with E-state index in [4.69, 9.17) is 9.47 Å². The molecule has 3 heterocycles. The molecule has 0 N–H and O–H groups in total. The molecule has 6 rings (SSSR count). The monoisotopic (exact) mass is 590 g/mol. The summed E-state index contributed by atoms with van der Waals surface area (Å²) >= 11 is 0. The molecule has 10 heteroatoms. The van der Waals surface area contributed by atoms with Crippen LogP contribution in [0.2, 0.25) is 0 Å². The largest absolute Gasteiger partial charge is 0.463 e. The number of aromatic nitrogens is 2. The van der Waals surface area contributed by atoms with Crippen LogP contribution in [0.15, 0.2) is 66.7 Å². The van der Waals surface area contributed by atoms with Gasteiger partial charge in [-0.1, -0.05) is 60.7 Å². The zero-order chi connectivity index (χ0) is 30.6. The first-order chi connectivity index (χ1) is 21.5. The Morgan fingerprint density at radius 3 is 2.55 bits per heavy atom. The van der Waals surface area contributed by atoms with Crippen LogP contribution in [0, 0.1) is 18.3 Å². The predicted octanol–water partition coefficient (Wildman–Crippen LogP) is 5.03. The minimum absolute atomic E-state index is 0.00117. The van der Waals surface area contributed by atoms with Gasteiger partial charge in [-0.25, -0.2) is 19.6 Å². The summed E-state index contributed by atoms with van der Waals surface area (Å²) in [5, 5.41) is 12.0. The van der Waals surface area contributed by atoms with Crippen LogP contribution in [0.5, 0.6) is 0 Å². The molecule has 0 aliphatic carbocycles. The Morgan fingerprint density at radius 1 is 0.977 bits per heavy atom. The second-order valence-corrected chi connectivity index (χ2v) is 11.1. The Labute approximate surface area is 256 Å². The van der Waals surface area contributed by atoms with Crippen LogP contribution in [0.4, 0.5) is 16.3 Å². The maximum Gasteiger partial charge on any atom is 0.410 e. The number of ether oxygens (including phenoxy) is 2. The van der Waals surface area contributed by atoms with Crippen molar-refractivity contribution in [1.29, 1.82) is 5.26 Å². The van der Waals surface area contributed by atoms with E-state index in [0.29, 0.717) is 38.4 Å². The van der Waals surface area contributed by atoms with Crippen LogP contribution >= 0.6 is 0 Å². The standard InChI is InChI=1S/C34H34N6O4/c1-23-8-6-11-25-12-7-13-29(30(23)25)38-17-15-27-28(21-38)36-31(33(41)43-2)37-32(27)39-18-19-40(26(20-39)14-16-35)34(42)44-22-24-9-4-3-5-10-24/h3-13,26H,14-15,17-22H2,1-2H3. The zero-order valence-electron chi connectivity index (χ0n) is 24.9. The molecule has 1 saturated heterocycles. The normalized spacial score (nSPS) is 16.3. The lowest BCUT2D eigenvalue weighted by Crippen LogP contribution is -2.56. The second kappa shape index (κ2) is 12.6. The fraction of sp³-hybridized carbons (Fsp3) is 0.324. The van der Waals surface area contributed by atoms with Crippen molar-refractivity contribution in [3.63, 3.8) is 0 Å². The van der Waals surface area contributed by atoms with Crippen LogP contribution < -0.4 is 9.80 Å². The Hall–Kier alpha value is -5.17. The first-order valence-corrected chi connectivity index (χ1v) is 14.8. The summed E-state index contributed by atoms with van der Waals surface area (Å²) in [6.07, 6.45) is 0.369. The van der Waals surface area contributed by atoms with Crippen LogP contribution in [0.25, 0.3) is 10.8 Å². The van der Waals surface area contributed by atoms with E-state index in [1.807, 2.05) is 30.3 Å². The summed E-state index contributed by atoms with van der Waals surface area (Å²) in [4.78, 5) is 41.2. The highest BCUT2D eigenvalue weighted by atomic mass is 16.6. The van der Waals surface area contributed by atoms with E-state index in [0.717, 1.165) is 29.1 Å². The molecule has 0 spiro atoms. The van der Waals surface area contributed by atoms with Crippen molar-refractivity contribution >= 4 is 34.3 Å². The fourth-order valence-electron chi connectivity index (χ4n) is 6.20. The molecule has 1 amide bonds. The minimum Gasteiger partial charge on any atom is -0.463 e. The number of esters is 1. The van der Waals surface area contributed by atoms with Gasteiger partial charge < -0.3 is 24.2 Å². The molecule has 1 aromatic heterocycles. The van der Waals surface area contributed by atoms with Crippen LogP contribution in [0.3, 0.4) is 0 Å². The van der Waals surface area contributed by atoms with E-state index in [9.17, 15) is 14.9 Å². The van der Waals surface area contributed by atoms with E-state index in [2.05, 4.69) is 69.2 Å². The average Bonchev–Trinajstić information content (AvgIpc) is 3.06. The molecule has 0 bridgehead atoms. The zero-order valence-corrected chi connectivity index (χ0v) is 24.9. The maximum atomic E-state index is 13.1. The van der Waals surface area contributed by atoms with Crippen LogP contribution in [-0.4, -0.2) is 66.3 Å². The van der Waals surface area contributed by atoms with Gasteiger partial charge in [0.2, 0.25) is 5.82 Å². The molecule has 44 heavy (non-hydrogen) atoms. The highest BCUT2D eigenvalue weighted by Gasteiger charge is 2.35. The first-order valence-electron chi connectivity index (χ1n) is 14.8. The SMILES string of the molecule is COC(=O)c1nc2c(c(N3CCN(C(=O)OCc4ccccc4)C(CC#N)C3)n1)CCN(c1cccc3cccc(C)c13)C2. The van der Waals surface area contributed by atoms with Gasteiger partial charge in [-0.2, -0.15) is 5.26 Å². The number of fused-ring (bicyclic) bond motifs is 2. The average molecular weight is 591 g/mol. The van der Waals surface area contributed by atoms with Gasteiger partial charge in [0.15, 0.2) is 0 Å². The Balaban J connectivity index is 1.27. The molecular weight excluding hydrogens is 556 g/mol. The molecule has 1 fully saturated rings. The van der Waals surface area contributed by atoms with E-state index in [1.54, 1.807) is 4.90 Å². The minimum atomic E-state index is -0.608. The molecule has 0 saturated carbocycles. The third kappa shape index (κ3) is 5.73. The number of carbonyl (C=O) groups is 2. The van der Waals surface area contributed by atoms with Crippen molar-refractivity contribution in [3.8, 4) is 6.07 Å². The predicted molar refractivity (Wildman–Crippen MR) is 166 cm³/mol. The molecule has 2 aliphatic rings. The molecular formula is C34H34N6O4. The van der Waals surface area contributed by atoms with Crippen LogP contribution in [0.1, 0.15) is 39.4 Å². The van der Waals surface area contributed by atoms with Gasteiger partial charge >= 0.3 is 12.1 Å². The van der Waals surface area contributed by atoms with Gasteiger partial charge in [-0.15, -0.1) is 0 Å². The summed E-state index contributed by atoms with van der Waals surface area (Å²) in [5.41, 5.74) is 4.97. The highest BCUT2D eigenvalue weighted by Crippen LogP contribution is 2.35. The van der Waals surface area contributed by atoms with E-state index in [1.165, 1.54) is 23.4 Å². The van der Waals surface area contributed by atoms with Crippen molar-refractivity contribution in [1.82, 2.24) is 14.9 Å². The lowest BCUT2D eigenvalue weighted by molar-refractivity contribution is 0.0586. The van der Waals surface area contributed by atoms with E-state index >= 15 is 0 Å². The first kappa shape index (κ1) is 28.9. The topological polar surface area (TPSA) is 112 Å². The highest BCUT2D eigenvalue weighted by molar-refractivity contribution is 5.97. The summed E-state index contributed by atoms with van der Waals surface area (Å²) in [7, 11) is 1.32. The molecule has 2 aliphatic heterocycles. The van der Waals surface area contributed by atoms with Crippen molar-refractivity contribution in [3.05, 3.63) is 94.9 Å². The molecule has 1 atom stereocenters. The van der Waals surface area contributed by atoms with E-state index in [-0.39, 0.29) is 18.9 Å². The summed E-state index contributed by atoms with van der Waals surface area (Å²) in [5.74, 6) is 0.0482. The van der Waals surface area contributed by atoms with Crippen molar-refractivity contribution in [2.45, 2.75) is 39.0 Å². The Bertz CT molecular complexity index is 1730.